The highest BCUT2D eigenvalue weighted by Crippen LogP contribution is 2.36. The Morgan fingerprint density at radius 3 is 2.87 bits per heavy atom. The van der Waals surface area contributed by atoms with Gasteiger partial charge in [0.25, 0.3) is 0 Å². The molecule has 1 saturated heterocycles. The molecule has 1 aliphatic heterocycles. The van der Waals surface area contributed by atoms with Gasteiger partial charge in [0.2, 0.25) is 0 Å². The number of carboxylic acid groups (broad SMARTS) is 1. The number of carbonyl (C=O) groups is 1. The zero-order valence-electron chi connectivity index (χ0n) is 7.84. The topological polar surface area (TPSA) is 72.4 Å². The summed E-state index contributed by atoms with van der Waals surface area (Å²) in [7, 11) is 0. The fourth-order valence-corrected chi connectivity index (χ4v) is 2.75. The summed E-state index contributed by atoms with van der Waals surface area (Å²) in [5.41, 5.74) is 0.714. The summed E-state index contributed by atoms with van der Waals surface area (Å²) in [6.07, 6.45) is 0. The van der Waals surface area contributed by atoms with Crippen molar-refractivity contribution in [1.29, 1.82) is 0 Å². The minimum Gasteiger partial charge on any atom is -0.548 e. The summed E-state index contributed by atoms with van der Waals surface area (Å²) < 4.78 is 0. The van der Waals surface area contributed by atoms with E-state index in [9.17, 15) is 15.0 Å². The van der Waals surface area contributed by atoms with Crippen molar-refractivity contribution in [2.24, 2.45) is 0 Å². The molecule has 2 unspecified atom stereocenters. The van der Waals surface area contributed by atoms with E-state index >= 15 is 0 Å². The minimum absolute atomic E-state index is 0.172. The molecular weight excluding hydrogens is 214 g/mol. The lowest BCUT2D eigenvalue weighted by atomic mass is 10.2. The van der Waals surface area contributed by atoms with Gasteiger partial charge in [-0.15, -0.1) is 11.8 Å². The fraction of sp³-hybridized carbons (Fsp3) is 0.300. The normalized spacial score (nSPS) is 25.3. The van der Waals surface area contributed by atoms with Crippen LogP contribution in [0.5, 0.6) is 5.75 Å². The summed E-state index contributed by atoms with van der Waals surface area (Å²) in [4.78, 5) is 10.6. The van der Waals surface area contributed by atoms with E-state index in [2.05, 4.69) is 5.32 Å². The fourth-order valence-electron chi connectivity index (χ4n) is 1.50. The van der Waals surface area contributed by atoms with E-state index in [1.807, 2.05) is 6.07 Å². The molecule has 1 fully saturated rings. The van der Waals surface area contributed by atoms with E-state index in [4.69, 9.17) is 0 Å². The van der Waals surface area contributed by atoms with Crippen molar-refractivity contribution in [3.05, 3.63) is 29.8 Å². The Labute approximate surface area is 91.3 Å². The number of phenolic OH excluding ortho intramolecular Hbond substituents is 1. The molecule has 2 rings (SSSR count). The molecule has 0 spiro atoms. The monoisotopic (exact) mass is 224 g/mol. The van der Waals surface area contributed by atoms with Crippen LogP contribution in [0.1, 0.15) is 10.9 Å². The van der Waals surface area contributed by atoms with E-state index in [-0.39, 0.29) is 11.1 Å². The first-order valence-corrected chi connectivity index (χ1v) is 5.60. The molecule has 0 amide bonds. The number of nitrogens with one attached hydrogen (secondary N) is 1. The predicted octanol–water partition coefficient (Wildman–Crippen LogP) is -0.154. The number of hydrogen-bond donors (Lipinski definition) is 2. The van der Waals surface area contributed by atoms with Crippen LogP contribution in [0.25, 0.3) is 0 Å². The number of benzene rings is 1. The molecule has 15 heavy (non-hydrogen) atoms. The van der Waals surface area contributed by atoms with Crippen LogP contribution in [0.3, 0.4) is 0 Å². The molecule has 0 aliphatic carbocycles. The summed E-state index contributed by atoms with van der Waals surface area (Å²) in [5.74, 6) is -0.455. The van der Waals surface area contributed by atoms with Gasteiger partial charge in [0.15, 0.2) is 0 Å². The zero-order valence-corrected chi connectivity index (χ0v) is 8.66. The standard InChI is InChI=1S/C10H11NO3S/c12-8-4-2-1-3-6(8)9-11-7(5-15-9)10(13)14/h1-4,7,9,11-12H,5H2,(H,13,14)/p-1. The molecule has 0 aromatic heterocycles. The number of hydrogen-bond acceptors (Lipinski definition) is 5. The number of phenols is 1. The molecular formula is C10H10NO3S-. The van der Waals surface area contributed by atoms with Gasteiger partial charge < -0.3 is 15.0 Å². The van der Waals surface area contributed by atoms with E-state index in [0.29, 0.717) is 11.3 Å². The highest BCUT2D eigenvalue weighted by molar-refractivity contribution is 7.99. The first-order chi connectivity index (χ1) is 7.18. The minimum atomic E-state index is -1.10. The molecule has 0 saturated carbocycles. The maximum absolute atomic E-state index is 10.6. The van der Waals surface area contributed by atoms with Crippen molar-refractivity contribution in [2.75, 3.05) is 5.75 Å². The molecule has 0 radical (unpaired) electrons. The highest BCUT2D eigenvalue weighted by atomic mass is 32.2. The van der Waals surface area contributed by atoms with Crippen molar-refractivity contribution in [3.63, 3.8) is 0 Å². The van der Waals surface area contributed by atoms with Gasteiger partial charge in [-0.3, -0.25) is 5.32 Å². The molecule has 0 bridgehead atoms. The van der Waals surface area contributed by atoms with Gasteiger partial charge in [0.05, 0.1) is 17.4 Å². The number of thioether (sulfide) groups is 1. The van der Waals surface area contributed by atoms with E-state index in [0.717, 1.165) is 0 Å². The Balaban J connectivity index is 2.14. The molecule has 1 aromatic carbocycles. The van der Waals surface area contributed by atoms with Gasteiger partial charge in [-0.2, -0.15) is 0 Å². The molecule has 5 heteroatoms. The van der Waals surface area contributed by atoms with Gasteiger partial charge in [-0.1, -0.05) is 18.2 Å². The highest BCUT2D eigenvalue weighted by Gasteiger charge is 2.27. The second-order valence-electron chi connectivity index (χ2n) is 3.31. The zero-order chi connectivity index (χ0) is 10.8. The van der Waals surface area contributed by atoms with Gasteiger partial charge >= 0.3 is 0 Å². The van der Waals surface area contributed by atoms with Gasteiger partial charge in [0.1, 0.15) is 5.75 Å². The number of aromatic hydroxyl groups is 1. The van der Waals surface area contributed by atoms with E-state index < -0.39 is 12.0 Å². The second kappa shape index (κ2) is 4.12. The number of carboxylic acids is 1. The third-order valence-corrected chi connectivity index (χ3v) is 3.53. The molecule has 1 aromatic rings. The first kappa shape index (κ1) is 10.3. The van der Waals surface area contributed by atoms with E-state index in [1.165, 1.54) is 11.8 Å². The van der Waals surface area contributed by atoms with Crippen LogP contribution in [-0.4, -0.2) is 22.9 Å². The number of aliphatic carboxylic acids is 1. The van der Waals surface area contributed by atoms with Crippen molar-refractivity contribution < 1.29 is 15.0 Å². The van der Waals surface area contributed by atoms with Crippen LogP contribution >= 0.6 is 11.8 Å². The number of para-hydroxylation sites is 1. The molecule has 2 N–H and O–H groups in total. The summed E-state index contributed by atoms with van der Waals surface area (Å²) >= 11 is 1.45. The van der Waals surface area contributed by atoms with Crippen LogP contribution in [0.4, 0.5) is 0 Å². The Bertz CT molecular complexity index is 383. The molecule has 1 heterocycles. The summed E-state index contributed by atoms with van der Waals surface area (Å²) in [6, 6.07) is 6.26. The van der Waals surface area contributed by atoms with Gasteiger partial charge in [-0.05, 0) is 6.07 Å². The van der Waals surface area contributed by atoms with Crippen LogP contribution in [0, 0.1) is 0 Å². The third kappa shape index (κ3) is 2.08. The van der Waals surface area contributed by atoms with Crippen LogP contribution in [0.15, 0.2) is 24.3 Å². The Kier molecular flexibility index (Phi) is 2.83. The van der Waals surface area contributed by atoms with Crippen molar-refractivity contribution in [1.82, 2.24) is 5.32 Å². The maximum Gasteiger partial charge on any atom is 0.121 e. The van der Waals surface area contributed by atoms with Crippen molar-refractivity contribution >= 4 is 17.7 Å². The third-order valence-electron chi connectivity index (χ3n) is 2.29. The molecule has 4 nitrogen and oxygen atoms in total. The van der Waals surface area contributed by atoms with Gasteiger partial charge in [-0.25, -0.2) is 0 Å². The number of rotatable bonds is 2. The Morgan fingerprint density at radius 1 is 1.53 bits per heavy atom. The van der Waals surface area contributed by atoms with Crippen LogP contribution in [0.2, 0.25) is 0 Å². The molecule has 1 aliphatic rings. The summed E-state index contributed by atoms with van der Waals surface area (Å²) in [6.45, 7) is 0. The predicted molar refractivity (Wildman–Crippen MR) is 55.2 cm³/mol. The van der Waals surface area contributed by atoms with Crippen LogP contribution in [-0.2, 0) is 4.79 Å². The van der Waals surface area contributed by atoms with Gasteiger partial charge in [0, 0.05) is 11.3 Å². The quantitative estimate of drug-likeness (QED) is 0.730. The average molecular weight is 224 g/mol. The SMILES string of the molecule is O=C([O-])C1CSC(c2ccccc2O)N1. The molecule has 80 valence electrons. The smallest absolute Gasteiger partial charge is 0.121 e. The lowest BCUT2D eigenvalue weighted by Gasteiger charge is -2.14. The maximum atomic E-state index is 10.6. The Morgan fingerprint density at radius 2 is 2.27 bits per heavy atom. The first-order valence-electron chi connectivity index (χ1n) is 4.55. The van der Waals surface area contributed by atoms with E-state index in [1.54, 1.807) is 18.2 Å². The average Bonchev–Trinajstić information content (AvgIpc) is 2.67. The molecule has 2 atom stereocenters. The van der Waals surface area contributed by atoms with Crippen molar-refractivity contribution in [2.45, 2.75) is 11.4 Å². The largest absolute Gasteiger partial charge is 0.548 e. The number of carbonyl (C=O) groups excluding carboxylic acids is 1. The second-order valence-corrected chi connectivity index (χ2v) is 4.45. The Hall–Kier alpha value is -1.20. The van der Waals surface area contributed by atoms with Crippen LogP contribution < -0.4 is 10.4 Å². The summed E-state index contributed by atoms with van der Waals surface area (Å²) in [5, 5.41) is 22.9. The lowest BCUT2D eigenvalue weighted by Crippen LogP contribution is -2.43. The van der Waals surface area contributed by atoms with Crippen molar-refractivity contribution in [3.8, 4) is 5.75 Å². The lowest BCUT2D eigenvalue weighted by molar-refractivity contribution is -0.307.